The first kappa shape index (κ1) is 17.3. The smallest absolute Gasteiger partial charge is 0.119 e. The third-order valence-electron chi connectivity index (χ3n) is 4.52. The summed E-state index contributed by atoms with van der Waals surface area (Å²) in [5.41, 5.74) is 2.61. The summed E-state index contributed by atoms with van der Waals surface area (Å²) in [7, 11) is 0. The molecule has 0 saturated carbocycles. The molecular weight excluding hydrogens is 308 g/mol. The normalized spacial score (nSPS) is 15.6. The van der Waals surface area contributed by atoms with Gasteiger partial charge in [0.1, 0.15) is 12.4 Å². The average Bonchev–Trinajstić information content (AvgIpc) is 2.69. The van der Waals surface area contributed by atoms with Crippen molar-refractivity contribution in [3.8, 4) is 11.8 Å². The molecule has 0 aliphatic carbocycles. The van der Waals surface area contributed by atoms with E-state index in [0.717, 1.165) is 30.0 Å². The largest absolute Gasteiger partial charge is 0.492 e. The Morgan fingerprint density at radius 2 is 1.72 bits per heavy atom. The Morgan fingerprint density at radius 3 is 2.40 bits per heavy atom. The molecule has 128 valence electrons. The van der Waals surface area contributed by atoms with Crippen LogP contribution in [0.3, 0.4) is 0 Å². The maximum Gasteiger partial charge on any atom is 0.119 e. The first-order chi connectivity index (χ1) is 12.3. The number of likely N-dealkylation sites (tertiary alicyclic amines) is 1. The summed E-state index contributed by atoms with van der Waals surface area (Å²) in [6.07, 6.45) is 5.89. The number of ether oxygens (including phenoxy) is 1. The van der Waals surface area contributed by atoms with E-state index < -0.39 is 0 Å². The van der Waals surface area contributed by atoms with Crippen molar-refractivity contribution in [1.29, 1.82) is 5.26 Å². The Labute approximate surface area is 150 Å². The standard InChI is InChI=1S/C22H24N2O/c23-18-21(20-7-3-1-4-8-20)17-19-9-11-22(12-10-19)25-16-15-24-13-5-2-6-14-24/h1,3-4,7-12,17H,2,5-6,13-16H2/b21-17-. The van der Waals surface area contributed by atoms with E-state index >= 15 is 0 Å². The number of nitriles is 1. The van der Waals surface area contributed by atoms with E-state index in [-0.39, 0.29) is 0 Å². The molecule has 3 rings (SSSR count). The fourth-order valence-electron chi connectivity index (χ4n) is 3.10. The molecule has 1 saturated heterocycles. The summed E-state index contributed by atoms with van der Waals surface area (Å²) in [5.74, 6) is 0.882. The molecule has 0 bridgehead atoms. The molecule has 1 aliphatic heterocycles. The fourth-order valence-corrected chi connectivity index (χ4v) is 3.10. The number of hydrogen-bond acceptors (Lipinski definition) is 3. The minimum Gasteiger partial charge on any atom is -0.492 e. The summed E-state index contributed by atoms with van der Waals surface area (Å²) in [4.78, 5) is 2.47. The zero-order valence-electron chi connectivity index (χ0n) is 14.5. The lowest BCUT2D eigenvalue weighted by Crippen LogP contribution is -2.33. The highest BCUT2D eigenvalue weighted by Crippen LogP contribution is 2.19. The Kier molecular flexibility index (Phi) is 6.25. The molecule has 2 aromatic carbocycles. The van der Waals surface area contributed by atoms with Crippen LogP contribution in [0, 0.1) is 11.3 Å². The van der Waals surface area contributed by atoms with E-state index in [4.69, 9.17) is 4.74 Å². The van der Waals surface area contributed by atoms with Crippen LogP contribution in [0.1, 0.15) is 30.4 Å². The predicted molar refractivity (Wildman–Crippen MR) is 102 cm³/mol. The van der Waals surface area contributed by atoms with Crippen LogP contribution in [0.25, 0.3) is 11.6 Å². The van der Waals surface area contributed by atoms with E-state index in [0.29, 0.717) is 5.57 Å². The average molecular weight is 332 g/mol. The number of benzene rings is 2. The highest BCUT2D eigenvalue weighted by atomic mass is 16.5. The van der Waals surface area contributed by atoms with Gasteiger partial charge in [0.25, 0.3) is 0 Å². The van der Waals surface area contributed by atoms with Gasteiger partial charge in [-0.15, -0.1) is 0 Å². The van der Waals surface area contributed by atoms with E-state index in [2.05, 4.69) is 11.0 Å². The third-order valence-corrected chi connectivity index (χ3v) is 4.52. The summed E-state index contributed by atoms with van der Waals surface area (Å²) < 4.78 is 5.85. The van der Waals surface area contributed by atoms with Crippen molar-refractivity contribution in [3.63, 3.8) is 0 Å². The van der Waals surface area contributed by atoms with E-state index in [9.17, 15) is 5.26 Å². The minimum atomic E-state index is 0.666. The van der Waals surface area contributed by atoms with Crippen LogP contribution < -0.4 is 4.74 Å². The molecule has 1 fully saturated rings. The highest BCUT2D eigenvalue weighted by molar-refractivity contribution is 5.89. The van der Waals surface area contributed by atoms with Gasteiger partial charge < -0.3 is 4.74 Å². The molecule has 1 heterocycles. The lowest BCUT2D eigenvalue weighted by atomic mass is 10.0. The van der Waals surface area contributed by atoms with Crippen molar-refractivity contribution in [2.45, 2.75) is 19.3 Å². The van der Waals surface area contributed by atoms with E-state index in [1.807, 2.05) is 60.7 Å². The quantitative estimate of drug-likeness (QED) is 0.572. The van der Waals surface area contributed by atoms with Crippen LogP contribution in [0.5, 0.6) is 5.75 Å². The maximum absolute atomic E-state index is 9.39. The van der Waals surface area contributed by atoms with Gasteiger partial charge in [0.05, 0.1) is 11.6 Å². The van der Waals surface area contributed by atoms with Gasteiger partial charge in [-0.2, -0.15) is 5.26 Å². The second-order valence-corrected chi connectivity index (χ2v) is 6.36. The minimum absolute atomic E-state index is 0.666. The fraction of sp³-hybridized carbons (Fsp3) is 0.318. The molecule has 25 heavy (non-hydrogen) atoms. The molecule has 0 N–H and O–H groups in total. The maximum atomic E-state index is 9.39. The summed E-state index contributed by atoms with van der Waals surface area (Å²) in [5, 5.41) is 9.39. The van der Waals surface area contributed by atoms with Crippen LogP contribution in [0.2, 0.25) is 0 Å². The van der Waals surface area contributed by atoms with E-state index in [1.54, 1.807) is 0 Å². The van der Waals surface area contributed by atoms with Crippen molar-refractivity contribution >= 4 is 11.6 Å². The van der Waals surface area contributed by atoms with Crippen LogP contribution in [-0.4, -0.2) is 31.1 Å². The molecule has 3 heteroatoms. The highest BCUT2D eigenvalue weighted by Gasteiger charge is 2.09. The molecule has 0 amide bonds. The first-order valence-corrected chi connectivity index (χ1v) is 8.97. The summed E-state index contributed by atoms with van der Waals surface area (Å²) in [6, 6.07) is 20.0. The molecule has 0 atom stereocenters. The lowest BCUT2D eigenvalue weighted by Gasteiger charge is -2.26. The molecule has 1 aliphatic rings. The number of nitrogens with zero attached hydrogens (tertiary/aromatic N) is 2. The topological polar surface area (TPSA) is 36.3 Å². The zero-order chi connectivity index (χ0) is 17.3. The number of allylic oxidation sites excluding steroid dienone is 1. The van der Waals surface area contributed by atoms with Gasteiger partial charge in [0.15, 0.2) is 0 Å². The van der Waals surface area contributed by atoms with Gasteiger partial charge in [-0.25, -0.2) is 0 Å². The summed E-state index contributed by atoms with van der Waals surface area (Å²) in [6.45, 7) is 4.11. The first-order valence-electron chi connectivity index (χ1n) is 8.97. The lowest BCUT2D eigenvalue weighted by molar-refractivity contribution is 0.183. The van der Waals surface area contributed by atoms with Crippen LogP contribution in [0.15, 0.2) is 54.6 Å². The Bertz CT molecular complexity index is 723. The molecule has 0 unspecified atom stereocenters. The zero-order valence-corrected chi connectivity index (χ0v) is 14.5. The third kappa shape index (κ3) is 5.20. The van der Waals surface area contributed by atoms with Gasteiger partial charge in [0, 0.05) is 6.54 Å². The van der Waals surface area contributed by atoms with Gasteiger partial charge in [0.2, 0.25) is 0 Å². The van der Waals surface area contributed by atoms with E-state index in [1.165, 1.54) is 32.4 Å². The Balaban J connectivity index is 1.56. The Morgan fingerprint density at radius 1 is 1.00 bits per heavy atom. The van der Waals surface area contributed by atoms with Crippen LogP contribution in [-0.2, 0) is 0 Å². The van der Waals surface area contributed by atoms with Crippen molar-refractivity contribution in [1.82, 2.24) is 4.90 Å². The van der Waals surface area contributed by atoms with Crippen LogP contribution >= 0.6 is 0 Å². The van der Waals surface area contributed by atoms with Crippen molar-refractivity contribution in [2.75, 3.05) is 26.2 Å². The molecule has 0 radical (unpaired) electrons. The Hall–Kier alpha value is -2.57. The predicted octanol–water partition coefficient (Wildman–Crippen LogP) is 4.62. The second kappa shape index (κ2) is 9.05. The van der Waals surface area contributed by atoms with Crippen molar-refractivity contribution in [2.24, 2.45) is 0 Å². The summed E-state index contributed by atoms with van der Waals surface area (Å²) >= 11 is 0. The molecule has 0 aromatic heterocycles. The van der Waals surface area contributed by atoms with Gasteiger partial charge in [-0.05, 0) is 55.3 Å². The number of rotatable bonds is 6. The van der Waals surface area contributed by atoms with Gasteiger partial charge in [-0.3, -0.25) is 4.90 Å². The SMILES string of the molecule is N#C/C(=C/c1ccc(OCCN2CCCCC2)cc1)c1ccccc1. The molecular formula is C22H24N2O. The molecule has 2 aromatic rings. The van der Waals surface area contributed by atoms with Crippen molar-refractivity contribution in [3.05, 3.63) is 65.7 Å². The number of hydrogen-bond donors (Lipinski definition) is 0. The van der Waals surface area contributed by atoms with Gasteiger partial charge >= 0.3 is 0 Å². The number of piperidine rings is 1. The molecule has 3 nitrogen and oxygen atoms in total. The van der Waals surface area contributed by atoms with Gasteiger partial charge in [-0.1, -0.05) is 48.9 Å². The molecule has 0 spiro atoms. The monoisotopic (exact) mass is 332 g/mol. The van der Waals surface area contributed by atoms with Crippen molar-refractivity contribution < 1.29 is 4.74 Å². The van der Waals surface area contributed by atoms with Crippen LogP contribution in [0.4, 0.5) is 0 Å². The second-order valence-electron chi connectivity index (χ2n) is 6.36.